The highest BCUT2D eigenvalue weighted by Crippen LogP contribution is 2.42. The smallest absolute Gasteiger partial charge is 0.255 e. The number of ether oxygens (including phenoxy) is 3. The van der Waals surface area contributed by atoms with Crippen LogP contribution < -0.4 is 24.8 Å². The summed E-state index contributed by atoms with van der Waals surface area (Å²) in [5.41, 5.74) is 5.11. The number of benzene rings is 3. The fourth-order valence-electron chi connectivity index (χ4n) is 5.30. The van der Waals surface area contributed by atoms with Gasteiger partial charge in [0.15, 0.2) is 11.5 Å². The quantitative estimate of drug-likeness (QED) is 0.422. The number of anilines is 2. The Morgan fingerprint density at radius 1 is 0.865 bits per heavy atom. The molecule has 2 unspecified atom stereocenters. The van der Waals surface area contributed by atoms with Gasteiger partial charge in [-0.3, -0.25) is 9.69 Å². The molecule has 0 aliphatic carbocycles. The summed E-state index contributed by atoms with van der Waals surface area (Å²) < 4.78 is 16.3. The third kappa shape index (κ3) is 5.78. The third-order valence-electron chi connectivity index (χ3n) is 7.25. The Balaban J connectivity index is 0.00000320. The molecule has 5 rings (SSSR count). The molecule has 2 heterocycles. The Bertz CT molecular complexity index is 1220. The maximum Gasteiger partial charge on any atom is 0.255 e. The lowest BCUT2D eigenvalue weighted by molar-refractivity contribution is 0.102. The number of piperidine rings is 1. The molecule has 0 spiro atoms. The zero-order valence-electron chi connectivity index (χ0n) is 21.5. The van der Waals surface area contributed by atoms with Crippen LogP contribution in [0.1, 0.15) is 40.4 Å². The van der Waals surface area contributed by atoms with E-state index in [4.69, 9.17) is 14.2 Å². The molecular weight excluding hydrogens is 490 g/mol. The van der Waals surface area contributed by atoms with Crippen LogP contribution in [-0.4, -0.2) is 51.3 Å². The van der Waals surface area contributed by atoms with Crippen molar-refractivity contribution >= 4 is 29.7 Å². The minimum absolute atomic E-state index is 0. The number of nitrogens with one attached hydrogen (secondary N) is 2. The number of carbonyl (C=O) groups excluding carboxylic acids is 1. The number of carbonyl (C=O) groups is 1. The number of nitrogens with zero attached hydrogens (tertiary/aromatic N) is 1. The summed E-state index contributed by atoms with van der Waals surface area (Å²) in [5.74, 6) is 2.17. The largest absolute Gasteiger partial charge is 0.497 e. The minimum Gasteiger partial charge on any atom is -0.497 e. The van der Waals surface area contributed by atoms with Gasteiger partial charge in [0.25, 0.3) is 5.91 Å². The maximum atomic E-state index is 12.5. The molecule has 3 aromatic rings. The standard InChI is InChI=1S/C29H33N3O4.ClH/c1-34-24-10-4-19(5-11-24)29(33)31-22-8-6-21(7-9-22)30-23-13-15-32-14-12-20-16-27(35-2)28(36-3)18-25(20)26(32)17-23;/h4-11,16,18,23,26,30H,12-15,17H2,1-3H3,(H,31,33);1H. The molecule has 0 radical (unpaired) electrons. The highest BCUT2D eigenvalue weighted by atomic mass is 35.5. The van der Waals surface area contributed by atoms with Crippen LogP contribution in [0.5, 0.6) is 17.2 Å². The second-order valence-corrected chi connectivity index (χ2v) is 9.33. The van der Waals surface area contributed by atoms with E-state index in [1.165, 1.54) is 11.1 Å². The first-order valence-corrected chi connectivity index (χ1v) is 12.4. The summed E-state index contributed by atoms with van der Waals surface area (Å²) in [4.78, 5) is 15.1. The number of hydrogen-bond acceptors (Lipinski definition) is 6. The van der Waals surface area contributed by atoms with Gasteiger partial charge in [-0.25, -0.2) is 0 Å². The van der Waals surface area contributed by atoms with E-state index < -0.39 is 0 Å². The Hall–Kier alpha value is -3.42. The van der Waals surface area contributed by atoms with Gasteiger partial charge < -0.3 is 24.8 Å². The van der Waals surface area contributed by atoms with E-state index in [9.17, 15) is 4.79 Å². The van der Waals surface area contributed by atoms with Crippen LogP contribution in [0.15, 0.2) is 60.7 Å². The van der Waals surface area contributed by atoms with Crippen molar-refractivity contribution in [2.75, 3.05) is 45.1 Å². The van der Waals surface area contributed by atoms with Gasteiger partial charge in [0.05, 0.1) is 21.3 Å². The molecule has 3 aromatic carbocycles. The Labute approximate surface area is 224 Å². The molecule has 1 amide bonds. The van der Waals surface area contributed by atoms with Crippen LogP contribution in [0.2, 0.25) is 0 Å². The van der Waals surface area contributed by atoms with Gasteiger partial charge in [-0.05, 0) is 91.1 Å². The van der Waals surface area contributed by atoms with Crippen LogP contribution in [0.3, 0.4) is 0 Å². The second kappa shape index (κ2) is 11.8. The lowest BCUT2D eigenvalue weighted by Crippen LogP contribution is -2.44. The SMILES string of the molecule is COc1ccc(C(=O)Nc2ccc(NC3CCN4CCc5cc(OC)c(OC)cc5C4C3)cc2)cc1.Cl. The minimum atomic E-state index is -0.145. The Morgan fingerprint density at radius 3 is 2.22 bits per heavy atom. The fourth-order valence-corrected chi connectivity index (χ4v) is 5.30. The van der Waals surface area contributed by atoms with Crippen molar-refractivity contribution in [1.29, 1.82) is 0 Å². The van der Waals surface area contributed by atoms with Crippen LogP contribution in [0, 0.1) is 0 Å². The topological polar surface area (TPSA) is 72.1 Å². The van der Waals surface area contributed by atoms with Gasteiger partial charge in [-0.1, -0.05) is 0 Å². The summed E-state index contributed by atoms with van der Waals surface area (Å²) >= 11 is 0. The lowest BCUT2D eigenvalue weighted by Gasteiger charge is -2.44. The van der Waals surface area contributed by atoms with E-state index in [-0.39, 0.29) is 18.3 Å². The first kappa shape index (κ1) is 26.6. The van der Waals surface area contributed by atoms with E-state index in [0.717, 1.165) is 61.0 Å². The number of halogens is 1. The molecule has 2 atom stereocenters. The zero-order valence-corrected chi connectivity index (χ0v) is 22.3. The van der Waals surface area contributed by atoms with Crippen LogP contribution in [0.4, 0.5) is 11.4 Å². The van der Waals surface area contributed by atoms with Crippen molar-refractivity contribution in [2.45, 2.75) is 31.3 Å². The van der Waals surface area contributed by atoms with Crippen LogP contribution in [-0.2, 0) is 6.42 Å². The predicted molar refractivity (Wildman–Crippen MR) is 149 cm³/mol. The molecule has 8 heteroatoms. The molecular formula is C29H34ClN3O4. The summed E-state index contributed by atoms with van der Waals surface area (Å²) in [6.07, 6.45) is 3.15. The molecule has 0 bridgehead atoms. The molecule has 2 aliphatic rings. The van der Waals surface area contributed by atoms with Gasteiger partial charge in [0, 0.05) is 42.1 Å². The van der Waals surface area contributed by atoms with Crippen molar-refractivity contribution in [3.63, 3.8) is 0 Å². The molecule has 2 aliphatic heterocycles. The molecule has 0 aromatic heterocycles. The van der Waals surface area contributed by atoms with Crippen LogP contribution in [0.25, 0.3) is 0 Å². The fraction of sp³-hybridized carbons (Fsp3) is 0.345. The zero-order chi connectivity index (χ0) is 25.1. The van der Waals surface area contributed by atoms with E-state index in [0.29, 0.717) is 17.6 Å². The highest BCUT2D eigenvalue weighted by Gasteiger charge is 2.34. The molecule has 2 N–H and O–H groups in total. The molecule has 1 fully saturated rings. The van der Waals surface area contributed by atoms with Gasteiger partial charge in [-0.2, -0.15) is 0 Å². The van der Waals surface area contributed by atoms with Crippen molar-refractivity contribution in [3.05, 3.63) is 77.4 Å². The van der Waals surface area contributed by atoms with E-state index in [1.54, 1.807) is 45.6 Å². The summed E-state index contributed by atoms with van der Waals surface area (Å²) in [7, 11) is 4.99. The van der Waals surface area contributed by atoms with Crippen molar-refractivity contribution in [1.82, 2.24) is 4.90 Å². The number of hydrogen-bond donors (Lipinski definition) is 2. The molecule has 196 valence electrons. The third-order valence-corrected chi connectivity index (χ3v) is 7.25. The van der Waals surface area contributed by atoms with E-state index in [1.807, 2.05) is 24.3 Å². The second-order valence-electron chi connectivity index (χ2n) is 9.33. The highest BCUT2D eigenvalue weighted by molar-refractivity contribution is 6.04. The molecule has 7 nitrogen and oxygen atoms in total. The van der Waals surface area contributed by atoms with Gasteiger partial charge >= 0.3 is 0 Å². The average Bonchev–Trinajstić information content (AvgIpc) is 2.93. The average molecular weight is 524 g/mol. The van der Waals surface area contributed by atoms with Gasteiger partial charge in [-0.15, -0.1) is 12.4 Å². The first-order valence-electron chi connectivity index (χ1n) is 12.4. The van der Waals surface area contributed by atoms with E-state index in [2.05, 4.69) is 27.7 Å². The van der Waals surface area contributed by atoms with Crippen molar-refractivity contribution in [3.8, 4) is 17.2 Å². The molecule has 37 heavy (non-hydrogen) atoms. The van der Waals surface area contributed by atoms with Crippen molar-refractivity contribution in [2.24, 2.45) is 0 Å². The van der Waals surface area contributed by atoms with E-state index >= 15 is 0 Å². The number of amides is 1. The van der Waals surface area contributed by atoms with Gasteiger partial charge in [0.2, 0.25) is 0 Å². The Kier molecular flexibility index (Phi) is 8.46. The lowest BCUT2D eigenvalue weighted by atomic mass is 9.84. The normalized spacial score (nSPS) is 18.5. The Morgan fingerprint density at radius 2 is 1.54 bits per heavy atom. The monoisotopic (exact) mass is 523 g/mol. The summed E-state index contributed by atoms with van der Waals surface area (Å²) in [5, 5.41) is 6.67. The predicted octanol–water partition coefficient (Wildman–Crippen LogP) is 5.56. The summed E-state index contributed by atoms with van der Waals surface area (Å²) in [6.45, 7) is 2.13. The molecule has 1 saturated heterocycles. The maximum absolute atomic E-state index is 12.5. The van der Waals surface area contributed by atoms with Crippen molar-refractivity contribution < 1.29 is 19.0 Å². The number of rotatable bonds is 7. The summed E-state index contributed by atoms with van der Waals surface area (Å²) in [6, 6.07) is 20.0. The number of methoxy groups -OCH3 is 3. The first-order chi connectivity index (χ1) is 17.6. The van der Waals surface area contributed by atoms with Gasteiger partial charge in [0.1, 0.15) is 5.75 Å². The molecule has 0 saturated carbocycles. The number of fused-ring (bicyclic) bond motifs is 3. The van der Waals surface area contributed by atoms with Crippen LogP contribution >= 0.6 is 12.4 Å².